The molecule has 0 aromatic rings. The molecule has 0 atom stereocenters. The lowest BCUT2D eigenvalue weighted by molar-refractivity contribution is 1.13. The van der Waals surface area contributed by atoms with Crippen LogP contribution in [0.3, 0.4) is 0 Å². The van der Waals surface area contributed by atoms with Gasteiger partial charge in [-0.15, -0.1) is 0 Å². The molecule has 2 N–H and O–H groups in total. The minimum atomic E-state index is 0.636. The standard InChI is InChI=1S/C8H15N/c1-3-8(4-2)6-5-7-9/h3,5-6H,4,7,9H2,1-2H3/b6-5+,8-3+. The Bertz CT molecular complexity index is 112. The van der Waals surface area contributed by atoms with E-state index in [0.29, 0.717) is 6.54 Å². The summed E-state index contributed by atoms with van der Waals surface area (Å²) >= 11 is 0. The summed E-state index contributed by atoms with van der Waals surface area (Å²) in [5, 5.41) is 0. The van der Waals surface area contributed by atoms with E-state index in [0.717, 1.165) is 6.42 Å². The molecule has 0 heterocycles. The minimum Gasteiger partial charge on any atom is -0.327 e. The summed E-state index contributed by atoms with van der Waals surface area (Å²) in [7, 11) is 0. The van der Waals surface area contributed by atoms with Crippen LogP contribution in [0.5, 0.6) is 0 Å². The van der Waals surface area contributed by atoms with Crippen LogP contribution in [0.1, 0.15) is 20.3 Å². The van der Waals surface area contributed by atoms with Gasteiger partial charge >= 0.3 is 0 Å². The molecule has 0 rings (SSSR count). The summed E-state index contributed by atoms with van der Waals surface area (Å²) in [5.74, 6) is 0. The van der Waals surface area contributed by atoms with E-state index in [4.69, 9.17) is 5.73 Å². The highest BCUT2D eigenvalue weighted by atomic mass is 14.5. The number of rotatable bonds is 3. The van der Waals surface area contributed by atoms with Crippen molar-refractivity contribution < 1.29 is 0 Å². The molecule has 1 nitrogen and oxygen atoms in total. The molecule has 0 aromatic heterocycles. The van der Waals surface area contributed by atoms with Crippen molar-refractivity contribution in [3.05, 3.63) is 23.8 Å². The molecule has 0 fully saturated rings. The van der Waals surface area contributed by atoms with Gasteiger partial charge in [0.15, 0.2) is 0 Å². The van der Waals surface area contributed by atoms with Crippen LogP contribution in [0, 0.1) is 0 Å². The van der Waals surface area contributed by atoms with Crippen molar-refractivity contribution in [2.75, 3.05) is 6.54 Å². The van der Waals surface area contributed by atoms with Crippen LogP contribution < -0.4 is 5.73 Å². The summed E-state index contributed by atoms with van der Waals surface area (Å²) in [6, 6.07) is 0. The molecular weight excluding hydrogens is 110 g/mol. The Morgan fingerprint density at radius 1 is 1.56 bits per heavy atom. The Morgan fingerprint density at radius 2 is 2.22 bits per heavy atom. The normalized spacial score (nSPS) is 13.0. The lowest BCUT2D eigenvalue weighted by Gasteiger charge is -1.91. The van der Waals surface area contributed by atoms with Crippen LogP contribution >= 0.6 is 0 Å². The van der Waals surface area contributed by atoms with Crippen LogP contribution in [-0.4, -0.2) is 6.54 Å². The van der Waals surface area contributed by atoms with Crippen molar-refractivity contribution in [3.8, 4) is 0 Å². The quantitative estimate of drug-likeness (QED) is 0.572. The maximum absolute atomic E-state index is 5.27. The first-order valence-corrected chi connectivity index (χ1v) is 3.37. The van der Waals surface area contributed by atoms with E-state index in [1.165, 1.54) is 5.57 Å². The molecule has 0 aliphatic heterocycles. The van der Waals surface area contributed by atoms with Crippen molar-refractivity contribution in [1.82, 2.24) is 0 Å². The number of allylic oxidation sites excluding steroid dienone is 3. The fourth-order valence-corrected chi connectivity index (χ4v) is 0.638. The van der Waals surface area contributed by atoms with Crippen molar-refractivity contribution in [1.29, 1.82) is 0 Å². The summed E-state index contributed by atoms with van der Waals surface area (Å²) in [6.45, 7) is 4.81. The molecule has 0 aromatic carbocycles. The lowest BCUT2D eigenvalue weighted by atomic mass is 10.2. The van der Waals surface area contributed by atoms with Gasteiger partial charge in [0.25, 0.3) is 0 Å². The molecule has 0 unspecified atom stereocenters. The molecule has 0 saturated heterocycles. The summed E-state index contributed by atoms with van der Waals surface area (Å²) in [5.41, 5.74) is 6.62. The lowest BCUT2D eigenvalue weighted by Crippen LogP contribution is -1.92. The van der Waals surface area contributed by atoms with E-state index < -0.39 is 0 Å². The second kappa shape index (κ2) is 5.57. The number of hydrogen-bond acceptors (Lipinski definition) is 1. The van der Waals surface area contributed by atoms with Crippen LogP contribution in [0.25, 0.3) is 0 Å². The fourth-order valence-electron chi connectivity index (χ4n) is 0.638. The Labute approximate surface area is 57.3 Å². The van der Waals surface area contributed by atoms with E-state index in [1.807, 2.05) is 13.0 Å². The summed E-state index contributed by atoms with van der Waals surface area (Å²) in [4.78, 5) is 0. The fraction of sp³-hybridized carbons (Fsp3) is 0.500. The maximum atomic E-state index is 5.27. The molecule has 0 amide bonds. The maximum Gasteiger partial charge on any atom is 0.0110 e. The largest absolute Gasteiger partial charge is 0.327 e. The first kappa shape index (κ1) is 8.44. The van der Waals surface area contributed by atoms with Crippen LogP contribution in [0.15, 0.2) is 23.8 Å². The number of nitrogens with two attached hydrogens (primary N) is 1. The third kappa shape index (κ3) is 3.98. The Hall–Kier alpha value is -0.560. The second-order valence-electron chi connectivity index (χ2n) is 1.86. The SMILES string of the molecule is C/C=C(/C=C/CN)CC. The Kier molecular flexibility index (Phi) is 5.23. The van der Waals surface area contributed by atoms with Gasteiger partial charge in [0.1, 0.15) is 0 Å². The zero-order valence-corrected chi connectivity index (χ0v) is 6.22. The van der Waals surface area contributed by atoms with Gasteiger partial charge in [-0.25, -0.2) is 0 Å². The smallest absolute Gasteiger partial charge is 0.0110 e. The molecule has 9 heavy (non-hydrogen) atoms. The third-order valence-corrected chi connectivity index (χ3v) is 1.25. The van der Waals surface area contributed by atoms with Gasteiger partial charge < -0.3 is 5.73 Å². The van der Waals surface area contributed by atoms with Gasteiger partial charge in [-0.3, -0.25) is 0 Å². The highest BCUT2D eigenvalue weighted by molar-refractivity contribution is 5.17. The topological polar surface area (TPSA) is 26.0 Å². The summed E-state index contributed by atoms with van der Waals surface area (Å²) < 4.78 is 0. The molecule has 0 spiro atoms. The van der Waals surface area contributed by atoms with Gasteiger partial charge in [-0.1, -0.05) is 30.7 Å². The predicted octanol–water partition coefficient (Wildman–Crippen LogP) is 1.86. The molecule has 0 aliphatic carbocycles. The molecule has 0 saturated carbocycles. The van der Waals surface area contributed by atoms with Crippen molar-refractivity contribution in [2.45, 2.75) is 20.3 Å². The highest BCUT2D eigenvalue weighted by Gasteiger charge is 1.80. The minimum absolute atomic E-state index is 0.636. The van der Waals surface area contributed by atoms with E-state index in [-0.39, 0.29) is 0 Å². The molecule has 0 bridgehead atoms. The Morgan fingerprint density at radius 3 is 2.56 bits per heavy atom. The number of hydrogen-bond donors (Lipinski definition) is 1. The molecule has 1 heteroatoms. The van der Waals surface area contributed by atoms with Gasteiger partial charge in [0.05, 0.1) is 0 Å². The van der Waals surface area contributed by atoms with Crippen molar-refractivity contribution in [2.24, 2.45) is 5.73 Å². The Balaban J connectivity index is 3.70. The van der Waals surface area contributed by atoms with Crippen molar-refractivity contribution in [3.63, 3.8) is 0 Å². The van der Waals surface area contributed by atoms with E-state index >= 15 is 0 Å². The second-order valence-corrected chi connectivity index (χ2v) is 1.86. The van der Waals surface area contributed by atoms with Crippen LogP contribution in [-0.2, 0) is 0 Å². The average Bonchev–Trinajstić information content (AvgIpc) is 1.91. The van der Waals surface area contributed by atoms with Crippen molar-refractivity contribution >= 4 is 0 Å². The zero-order chi connectivity index (χ0) is 7.11. The monoisotopic (exact) mass is 125 g/mol. The summed E-state index contributed by atoms with van der Waals surface area (Å²) in [6.07, 6.45) is 7.23. The van der Waals surface area contributed by atoms with E-state index in [9.17, 15) is 0 Å². The zero-order valence-electron chi connectivity index (χ0n) is 6.22. The predicted molar refractivity (Wildman–Crippen MR) is 42.2 cm³/mol. The van der Waals surface area contributed by atoms with Gasteiger partial charge in [-0.2, -0.15) is 0 Å². The first-order chi connectivity index (χ1) is 4.35. The van der Waals surface area contributed by atoms with Crippen LogP contribution in [0.2, 0.25) is 0 Å². The van der Waals surface area contributed by atoms with Gasteiger partial charge in [0.2, 0.25) is 0 Å². The van der Waals surface area contributed by atoms with Crippen LogP contribution in [0.4, 0.5) is 0 Å². The molecule has 0 aliphatic rings. The van der Waals surface area contributed by atoms with Gasteiger partial charge in [0, 0.05) is 6.54 Å². The molecular formula is C8H15N. The van der Waals surface area contributed by atoms with Gasteiger partial charge in [-0.05, 0) is 13.3 Å². The van der Waals surface area contributed by atoms with E-state index in [2.05, 4.69) is 19.1 Å². The van der Waals surface area contributed by atoms with E-state index in [1.54, 1.807) is 0 Å². The first-order valence-electron chi connectivity index (χ1n) is 3.37. The molecule has 0 radical (unpaired) electrons. The third-order valence-electron chi connectivity index (χ3n) is 1.25. The average molecular weight is 125 g/mol. The highest BCUT2D eigenvalue weighted by Crippen LogP contribution is 2.00. The molecule has 52 valence electrons.